The number of rotatable bonds is 2. The molecule has 1 aliphatic heterocycles. The fourth-order valence-corrected chi connectivity index (χ4v) is 1.75. The highest BCUT2D eigenvalue weighted by molar-refractivity contribution is 5.29. The van der Waals surface area contributed by atoms with Gasteiger partial charge in [0.15, 0.2) is 5.76 Å². The van der Waals surface area contributed by atoms with Gasteiger partial charge in [-0.15, -0.1) is 0 Å². The average molecular weight is 215 g/mol. The molecule has 0 aliphatic carbocycles. The van der Waals surface area contributed by atoms with Crippen LogP contribution >= 0.6 is 0 Å². The summed E-state index contributed by atoms with van der Waals surface area (Å²) in [7, 11) is 1.64. The van der Waals surface area contributed by atoms with E-state index in [0.717, 1.165) is 24.2 Å². The van der Waals surface area contributed by atoms with Gasteiger partial charge in [0.1, 0.15) is 17.9 Å². The van der Waals surface area contributed by atoms with Crippen LogP contribution in [0.5, 0.6) is 5.75 Å². The van der Waals surface area contributed by atoms with Crippen LogP contribution in [0.1, 0.15) is 24.5 Å². The summed E-state index contributed by atoms with van der Waals surface area (Å²) in [6, 6.07) is 9.80. The van der Waals surface area contributed by atoms with Gasteiger partial charge in [-0.25, -0.2) is 0 Å². The van der Waals surface area contributed by atoms with Crippen LogP contribution in [0.3, 0.4) is 0 Å². The van der Waals surface area contributed by atoms with Crippen LogP contribution in [0.15, 0.2) is 36.1 Å². The van der Waals surface area contributed by atoms with Crippen molar-refractivity contribution < 1.29 is 9.47 Å². The van der Waals surface area contributed by atoms with Crippen LogP contribution in [0.4, 0.5) is 0 Å². The first kappa shape index (κ1) is 10.6. The minimum atomic E-state index is -0.00874. The van der Waals surface area contributed by atoms with Crippen molar-refractivity contribution in [3.8, 4) is 11.8 Å². The van der Waals surface area contributed by atoms with Crippen LogP contribution in [0, 0.1) is 11.3 Å². The minimum Gasteiger partial charge on any atom is -0.497 e. The predicted octanol–water partition coefficient (Wildman–Crippen LogP) is 2.95. The summed E-state index contributed by atoms with van der Waals surface area (Å²) in [4.78, 5) is 0. The van der Waals surface area contributed by atoms with E-state index in [-0.39, 0.29) is 6.10 Å². The number of hydrogen-bond acceptors (Lipinski definition) is 3. The molecule has 0 spiro atoms. The van der Waals surface area contributed by atoms with Crippen molar-refractivity contribution in [3.63, 3.8) is 0 Å². The number of nitriles is 1. The number of allylic oxidation sites excluding steroid dienone is 2. The van der Waals surface area contributed by atoms with E-state index < -0.39 is 0 Å². The van der Waals surface area contributed by atoms with Crippen molar-refractivity contribution >= 4 is 0 Å². The second-order valence-corrected chi connectivity index (χ2v) is 3.64. The molecule has 1 unspecified atom stereocenters. The quantitative estimate of drug-likeness (QED) is 0.761. The highest BCUT2D eigenvalue weighted by Gasteiger charge is 2.17. The lowest BCUT2D eigenvalue weighted by Crippen LogP contribution is -2.07. The normalized spacial score (nSPS) is 19.2. The van der Waals surface area contributed by atoms with Crippen LogP contribution in [-0.4, -0.2) is 7.11 Å². The first-order valence-corrected chi connectivity index (χ1v) is 5.24. The molecular weight excluding hydrogens is 202 g/mol. The molecule has 0 aromatic heterocycles. The number of ether oxygens (including phenoxy) is 2. The van der Waals surface area contributed by atoms with Crippen molar-refractivity contribution in [2.24, 2.45) is 0 Å². The largest absolute Gasteiger partial charge is 0.497 e. The van der Waals surface area contributed by atoms with E-state index in [2.05, 4.69) is 0 Å². The van der Waals surface area contributed by atoms with Crippen molar-refractivity contribution in [1.29, 1.82) is 5.26 Å². The fourth-order valence-electron chi connectivity index (χ4n) is 1.75. The van der Waals surface area contributed by atoms with Gasteiger partial charge in [0.2, 0.25) is 0 Å². The Hall–Kier alpha value is -1.95. The van der Waals surface area contributed by atoms with E-state index >= 15 is 0 Å². The number of methoxy groups -OCH3 is 1. The summed E-state index contributed by atoms with van der Waals surface area (Å²) in [5.41, 5.74) is 1.08. The lowest BCUT2D eigenvalue weighted by Gasteiger charge is -2.22. The summed E-state index contributed by atoms with van der Waals surface area (Å²) in [5, 5.41) is 8.77. The molecule has 1 heterocycles. The van der Waals surface area contributed by atoms with E-state index in [9.17, 15) is 0 Å². The van der Waals surface area contributed by atoms with E-state index in [0.29, 0.717) is 5.76 Å². The van der Waals surface area contributed by atoms with E-state index in [1.54, 1.807) is 7.11 Å². The van der Waals surface area contributed by atoms with Crippen LogP contribution in [0.25, 0.3) is 0 Å². The molecular formula is C13H13NO2. The average Bonchev–Trinajstić information content (AvgIpc) is 2.39. The van der Waals surface area contributed by atoms with Gasteiger partial charge in [0.25, 0.3) is 0 Å². The summed E-state index contributed by atoms with van der Waals surface area (Å²) >= 11 is 0. The van der Waals surface area contributed by atoms with Crippen LogP contribution in [0.2, 0.25) is 0 Å². The smallest absolute Gasteiger partial charge is 0.193 e. The molecule has 16 heavy (non-hydrogen) atoms. The van der Waals surface area contributed by atoms with Crippen molar-refractivity contribution in [2.45, 2.75) is 18.9 Å². The highest BCUT2D eigenvalue weighted by atomic mass is 16.5. The zero-order valence-corrected chi connectivity index (χ0v) is 9.14. The van der Waals surface area contributed by atoms with Gasteiger partial charge >= 0.3 is 0 Å². The molecule has 1 aliphatic rings. The van der Waals surface area contributed by atoms with Gasteiger partial charge < -0.3 is 9.47 Å². The Kier molecular flexibility index (Phi) is 3.11. The van der Waals surface area contributed by atoms with Crippen molar-refractivity contribution in [1.82, 2.24) is 0 Å². The van der Waals surface area contributed by atoms with Gasteiger partial charge in [-0.3, -0.25) is 0 Å². The van der Waals surface area contributed by atoms with Gasteiger partial charge in [-0.2, -0.15) is 5.26 Å². The Morgan fingerprint density at radius 3 is 2.75 bits per heavy atom. The SMILES string of the molecule is COc1ccc(C2CCC=C(C#N)O2)cc1. The first-order valence-electron chi connectivity index (χ1n) is 5.24. The van der Waals surface area contributed by atoms with E-state index in [1.807, 2.05) is 36.4 Å². The molecule has 1 aromatic rings. The van der Waals surface area contributed by atoms with Gasteiger partial charge in [-0.1, -0.05) is 12.1 Å². The molecule has 0 fully saturated rings. The van der Waals surface area contributed by atoms with Gasteiger partial charge in [0.05, 0.1) is 7.11 Å². The molecule has 82 valence electrons. The Morgan fingerprint density at radius 1 is 1.38 bits per heavy atom. The monoisotopic (exact) mass is 215 g/mol. The zero-order chi connectivity index (χ0) is 11.4. The summed E-state index contributed by atoms with van der Waals surface area (Å²) in [6.07, 6.45) is 3.63. The molecule has 1 atom stereocenters. The Morgan fingerprint density at radius 2 is 2.12 bits per heavy atom. The molecule has 1 aromatic carbocycles. The molecule has 0 N–H and O–H groups in total. The first-order chi connectivity index (χ1) is 7.83. The second kappa shape index (κ2) is 4.71. The molecule has 0 saturated carbocycles. The second-order valence-electron chi connectivity index (χ2n) is 3.64. The van der Waals surface area contributed by atoms with Gasteiger partial charge in [-0.05, 0) is 36.6 Å². The third-order valence-corrected chi connectivity index (χ3v) is 2.63. The topological polar surface area (TPSA) is 42.2 Å². The maximum absolute atomic E-state index is 8.77. The number of benzene rings is 1. The maximum Gasteiger partial charge on any atom is 0.193 e. The third-order valence-electron chi connectivity index (χ3n) is 2.63. The van der Waals surface area contributed by atoms with E-state index in [1.165, 1.54) is 0 Å². The third kappa shape index (κ3) is 2.17. The Balaban J connectivity index is 2.13. The minimum absolute atomic E-state index is 0.00874. The molecule has 0 saturated heterocycles. The van der Waals surface area contributed by atoms with Crippen molar-refractivity contribution in [2.75, 3.05) is 7.11 Å². The molecule has 0 bridgehead atoms. The molecule has 3 heteroatoms. The Bertz CT molecular complexity index is 428. The lowest BCUT2D eigenvalue weighted by molar-refractivity contribution is 0.107. The lowest BCUT2D eigenvalue weighted by atomic mass is 10.0. The van der Waals surface area contributed by atoms with Crippen molar-refractivity contribution in [3.05, 3.63) is 41.7 Å². The number of hydrogen-bond donors (Lipinski definition) is 0. The maximum atomic E-state index is 8.77. The van der Waals surface area contributed by atoms with Gasteiger partial charge in [0, 0.05) is 0 Å². The molecule has 0 amide bonds. The van der Waals surface area contributed by atoms with Crippen LogP contribution in [-0.2, 0) is 4.74 Å². The fraction of sp³-hybridized carbons (Fsp3) is 0.308. The summed E-state index contributed by atoms with van der Waals surface area (Å²) in [5.74, 6) is 1.25. The zero-order valence-electron chi connectivity index (χ0n) is 9.14. The Labute approximate surface area is 94.9 Å². The van der Waals surface area contributed by atoms with E-state index in [4.69, 9.17) is 14.7 Å². The molecule has 2 rings (SSSR count). The summed E-state index contributed by atoms with van der Waals surface area (Å²) < 4.78 is 10.6. The molecule has 0 radical (unpaired) electrons. The number of nitrogens with zero attached hydrogens (tertiary/aromatic N) is 1. The standard InChI is InChI=1S/C13H13NO2/c1-15-11-7-5-10(6-8-11)13-4-2-3-12(9-14)16-13/h3,5-8,13H,2,4H2,1H3. The highest BCUT2D eigenvalue weighted by Crippen LogP contribution is 2.30. The predicted molar refractivity (Wildman–Crippen MR) is 59.8 cm³/mol. The van der Waals surface area contributed by atoms with Crippen LogP contribution < -0.4 is 4.74 Å². The molecule has 3 nitrogen and oxygen atoms in total. The summed E-state index contributed by atoms with van der Waals surface area (Å²) in [6.45, 7) is 0.